The first-order chi connectivity index (χ1) is 16.0. The maximum absolute atomic E-state index is 13.3. The molecule has 1 aliphatic heterocycles. The minimum atomic E-state index is -0.401. The van der Waals surface area contributed by atoms with E-state index < -0.39 is 5.82 Å². The number of methoxy groups -OCH3 is 2. The van der Waals surface area contributed by atoms with Crippen LogP contribution in [0.15, 0.2) is 42.5 Å². The van der Waals surface area contributed by atoms with Crippen LogP contribution in [-0.2, 0) is 20.7 Å². The van der Waals surface area contributed by atoms with Gasteiger partial charge in [-0.25, -0.2) is 4.39 Å². The molecule has 1 unspecified atom stereocenters. The molecule has 1 heterocycles. The Morgan fingerprint density at radius 3 is 2.48 bits per heavy atom. The molecule has 1 atom stereocenters. The highest BCUT2D eigenvalue weighted by Gasteiger charge is 2.24. The zero-order valence-corrected chi connectivity index (χ0v) is 18.9. The topological polar surface area (TPSA) is 89.1 Å². The van der Waals surface area contributed by atoms with Crippen LogP contribution < -0.4 is 20.1 Å². The first-order valence-electron chi connectivity index (χ1n) is 10.8. The van der Waals surface area contributed by atoms with Gasteiger partial charge in [0.1, 0.15) is 5.82 Å². The van der Waals surface area contributed by atoms with Crippen molar-refractivity contribution in [2.75, 3.05) is 53.6 Å². The Bertz CT molecular complexity index is 949. The highest BCUT2D eigenvalue weighted by molar-refractivity contribution is 5.85. The Morgan fingerprint density at radius 2 is 1.79 bits per heavy atom. The molecule has 1 saturated heterocycles. The number of hydrogen-bond donors (Lipinski definition) is 2. The summed E-state index contributed by atoms with van der Waals surface area (Å²) in [7, 11) is 3.17. The van der Waals surface area contributed by atoms with Gasteiger partial charge in [0, 0.05) is 19.6 Å². The highest BCUT2D eigenvalue weighted by atomic mass is 19.1. The number of morpholine rings is 1. The lowest BCUT2D eigenvalue weighted by Crippen LogP contribution is -2.45. The summed E-state index contributed by atoms with van der Waals surface area (Å²) >= 11 is 0. The molecule has 0 bridgehead atoms. The van der Waals surface area contributed by atoms with Crippen LogP contribution in [0.5, 0.6) is 11.5 Å². The second kappa shape index (κ2) is 12.2. The van der Waals surface area contributed by atoms with Crippen molar-refractivity contribution < 1.29 is 28.2 Å². The van der Waals surface area contributed by atoms with Crippen LogP contribution in [0.2, 0.25) is 0 Å². The van der Waals surface area contributed by atoms with Crippen molar-refractivity contribution in [3.05, 3.63) is 59.4 Å². The van der Waals surface area contributed by atoms with Gasteiger partial charge in [-0.15, -0.1) is 0 Å². The zero-order valence-electron chi connectivity index (χ0n) is 18.9. The van der Waals surface area contributed by atoms with Crippen molar-refractivity contribution in [3.63, 3.8) is 0 Å². The van der Waals surface area contributed by atoms with Gasteiger partial charge in [-0.3, -0.25) is 14.5 Å². The first kappa shape index (κ1) is 24.5. The van der Waals surface area contributed by atoms with E-state index in [4.69, 9.17) is 14.2 Å². The number of carbonyl (C=O) groups is 2. The van der Waals surface area contributed by atoms with Gasteiger partial charge in [-0.05, 0) is 35.4 Å². The minimum absolute atomic E-state index is 0.00703. The zero-order chi connectivity index (χ0) is 23.6. The van der Waals surface area contributed by atoms with E-state index in [2.05, 4.69) is 15.5 Å². The Labute approximate surface area is 193 Å². The number of halogens is 1. The first-order valence-corrected chi connectivity index (χ1v) is 10.8. The summed E-state index contributed by atoms with van der Waals surface area (Å²) in [6.45, 7) is 2.91. The fraction of sp³-hybridized carbons (Fsp3) is 0.417. The molecule has 2 amide bonds. The number of nitrogens with zero attached hydrogens (tertiary/aromatic N) is 1. The van der Waals surface area contributed by atoms with Gasteiger partial charge in [0.2, 0.25) is 11.8 Å². The number of ether oxygens (including phenoxy) is 3. The third-order valence-corrected chi connectivity index (χ3v) is 5.47. The summed E-state index contributed by atoms with van der Waals surface area (Å²) in [5.41, 5.74) is 1.53. The number of amides is 2. The normalized spacial score (nSPS) is 14.9. The molecule has 0 spiro atoms. The average molecular weight is 460 g/mol. The van der Waals surface area contributed by atoms with Crippen LogP contribution in [0.3, 0.4) is 0 Å². The van der Waals surface area contributed by atoms with Gasteiger partial charge < -0.3 is 24.8 Å². The second-order valence-corrected chi connectivity index (χ2v) is 7.67. The van der Waals surface area contributed by atoms with E-state index in [0.717, 1.165) is 18.7 Å². The fourth-order valence-electron chi connectivity index (χ4n) is 3.75. The van der Waals surface area contributed by atoms with E-state index in [1.54, 1.807) is 26.4 Å². The Hall–Kier alpha value is -3.17. The van der Waals surface area contributed by atoms with E-state index >= 15 is 0 Å². The van der Waals surface area contributed by atoms with E-state index in [9.17, 15) is 14.0 Å². The molecular weight excluding hydrogens is 429 g/mol. The minimum Gasteiger partial charge on any atom is -0.493 e. The molecule has 2 aromatic rings. The monoisotopic (exact) mass is 459 g/mol. The Morgan fingerprint density at radius 1 is 1.03 bits per heavy atom. The van der Waals surface area contributed by atoms with Crippen molar-refractivity contribution in [3.8, 4) is 11.5 Å². The second-order valence-electron chi connectivity index (χ2n) is 7.67. The summed E-state index contributed by atoms with van der Waals surface area (Å²) in [4.78, 5) is 26.8. The van der Waals surface area contributed by atoms with Gasteiger partial charge >= 0.3 is 0 Å². The van der Waals surface area contributed by atoms with E-state index in [0.29, 0.717) is 36.8 Å². The fourth-order valence-corrected chi connectivity index (χ4v) is 3.75. The third-order valence-electron chi connectivity index (χ3n) is 5.47. The standard InChI is InChI=1S/C24H30FN3O5/c1-31-21-7-6-18(14-22(21)32-2)20(28-8-10-33-11-9-28)15-26-24(30)16-27-23(29)13-17-4-3-5-19(25)12-17/h3-7,12,14,20H,8-11,13,15-16H2,1-2H3,(H,26,30)(H,27,29). The highest BCUT2D eigenvalue weighted by Crippen LogP contribution is 2.32. The summed E-state index contributed by atoms with van der Waals surface area (Å²) in [5.74, 6) is 0.195. The number of benzene rings is 2. The average Bonchev–Trinajstić information content (AvgIpc) is 2.83. The molecule has 178 valence electrons. The van der Waals surface area contributed by atoms with Crippen LogP contribution in [0.25, 0.3) is 0 Å². The van der Waals surface area contributed by atoms with Crippen LogP contribution in [0.4, 0.5) is 4.39 Å². The number of hydrogen-bond acceptors (Lipinski definition) is 6. The Kier molecular flexibility index (Phi) is 9.03. The van der Waals surface area contributed by atoms with Crippen LogP contribution in [0.1, 0.15) is 17.2 Å². The molecule has 8 nitrogen and oxygen atoms in total. The van der Waals surface area contributed by atoms with Crippen LogP contribution >= 0.6 is 0 Å². The molecule has 1 aliphatic rings. The van der Waals surface area contributed by atoms with E-state index in [-0.39, 0.29) is 30.8 Å². The maximum atomic E-state index is 13.3. The lowest BCUT2D eigenvalue weighted by molar-refractivity contribution is -0.125. The maximum Gasteiger partial charge on any atom is 0.239 e. The number of rotatable bonds is 10. The Balaban J connectivity index is 1.58. The van der Waals surface area contributed by atoms with Crippen molar-refractivity contribution in [2.45, 2.75) is 12.5 Å². The molecule has 9 heteroatoms. The summed E-state index contributed by atoms with van der Waals surface area (Å²) in [6.07, 6.45) is 0.00703. The van der Waals surface area contributed by atoms with Gasteiger partial charge in [-0.1, -0.05) is 18.2 Å². The largest absolute Gasteiger partial charge is 0.493 e. The van der Waals surface area contributed by atoms with Crippen molar-refractivity contribution in [2.24, 2.45) is 0 Å². The van der Waals surface area contributed by atoms with Crippen molar-refractivity contribution >= 4 is 11.8 Å². The lowest BCUT2D eigenvalue weighted by Gasteiger charge is -2.35. The van der Waals surface area contributed by atoms with Gasteiger partial charge in [0.15, 0.2) is 11.5 Å². The molecule has 0 aliphatic carbocycles. The molecule has 33 heavy (non-hydrogen) atoms. The van der Waals surface area contributed by atoms with E-state index in [1.165, 1.54) is 12.1 Å². The molecule has 2 aromatic carbocycles. The predicted molar refractivity (Wildman–Crippen MR) is 121 cm³/mol. The molecule has 2 N–H and O–H groups in total. The summed E-state index contributed by atoms with van der Waals surface area (Å²) < 4.78 is 29.5. The smallest absolute Gasteiger partial charge is 0.239 e. The predicted octanol–water partition coefficient (Wildman–Crippen LogP) is 1.69. The molecule has 0 aromatic heterocycles. The van der Waals surface area contributed by atoms with Crippen LogP contribution in [0, 0.1) is 5.82 Å². The molecule has 0 saturated carbocycles. The SMILES string of the molecule is COc1ccc(C(CNC(=O)CNC(=O)Cc2cccc(F)c2)N2CCOCC2)cc1OC. The number of nitrogens with one attached hydrogen (secondary N) is 2. The van der Waals surface area contributed by atoms with E-state index in [1.807, 2.05) is 18.2 Å². The van der Waals surface area contributed by atoms with Gasteiger partial charge in [0.05, 0.1) is 46.4 Å². The molecule has 0 radical (unpaired) electrons. The summed E-state index contributed by atoms with van der Waals surface area (Å²) in [6, 6.07) is 11.4. The molecular formula is C24H30FN3O5. The molecule has 3 rings (SSSR count). The molecule has 1 fully saturated rings. The lowest BCUT2D eigenvalue weighted by atomic mass is 10.0. The van der Waals surface area contributed by atoms with Crippen LogP contribution in [-0.4, -0.2) is 70.3 Å². The van der Waals surface area contributed by atoms with Gasteiger partial charge in [0.25, 0.3) is 0 Å². The van der Waals surface area contributed by atoms with Gasteiger partial charge in [-0.2, -0.15) is 0 Å². The summed E-state index contributed by atoms with van der Waals surface area (Å²) in [5, 5.41) is 5.49. The quantitative estimate of drug-likeness (QED) is 0.562. The van der Waals surface area contributed by atoms with Crippen molar-refractivity contribution in [1.29, 1.82) is 0 Å². The number of carbonyl (C=O) groups excluding carboxylic acids is 2. The van der Waals surface area contributed by atoms with Crippen molar-refractivity contribution in [1.82, 2.24) is 15.5 Å². The third kappa shape index (κ3) is 7.16.